The van der Waals surface area contributed by atoms with E-state index < -0.39 is 0 Å². The molecular weight excluding hydrogens is 194 g/mol. The Hall–Kier alpha value is -0.700. The summed E-state index contributed by atoms with van der Waals surface area (Å²) < 4.78 is 0. The molecule has 0 spiro atoms. The molecule has 2 nitrogen and oxygen atoms in total. The van der Waals surface area contributed by atoms with Crippen molar-refractivity contribution in [1.82, 2.24) is 4.90 Å². The van der Waals surface area contributed by atoms with Crippen LogP contribution in [0.25, 0.3) is 0 Å². The van der Waals surface area contributed by atoms with Crippen LogP contribution < -0.4 is 0 Å². The zero-order valence-electron chi connectivity index (χ0n) is 9.20. The molecule has 1 aliphatic carbocycles. The molecule has 1 aliphatic rings. The molecule has 14 heavy (non-hydrogen) atoms. The summed E-state index contributed by atoms with van der Waals surface area (Å²) in [7, 11) is 3.56. The van der Waals surface area contributed by atoms with E-state index in [0.29, 0.717) is 0 Å². The maximum Gasteiger partial charge on any atom is 0.285 e. The Morgan fingerprint density at radius 2 is 2.14 bits per heavy atom. The van der Waals surface area contributed by atoms with Crippen LogP contribution in [0.1, 0.15) is 20.3 Å². The van der Waals surface area contributed by atoms with E-state index in [1.807, 2.05) is 12.2 Å². The van der Waals surface area contributed by atoms with Gasteiger partial charge in [-0.05, 0) is 23.6 Å². The summed E-state index contributed by atoms with van der Waals surface area (Å²) >= 11 is 1.33. The summed E-state index contributed by atoms with van der Waals surface area (Å²) in [6.07, 6.45) is 7.21. The molecule has 0 saturated carbocycles. The topological polar surface area (TPSA) is 20.3 Å². The van der Waals surface area contributed by atoms with Gasteiger partial charge >= 0.3 is 0 Å². The van der Waals surface area contributed by atoms with E-state index in [2.05, 4.69) is 19.9 Å². The van der Waals surface area contributed by atoms with Gasteiger partial charge in [0.2, 0.25) is 0 Å². The van der Waals surface area contributed by atoms with E-state index in [4.69, 9.17) is 0 Å². The first-order valence-corrected chi connectivity index (χ1v) is 5.51. The van der Waals surface area contributed by atoms with Crippen molar-refractivity contribution in [3.8, 4) is 0 Å². The molecule has 0 unspecified atom stereocenters. The van der Waals surface area contributed by atoms with Gasteiger partial charge < -0.3 is 4.90 Å². The lowest BCUT2D eigenvalue weighted by molar-refractivity contribution is 0.241. The molecule has 0 aromatic heterocycles. The van der Waals surface area contributed by atoms with Crippen LogP contribution in [0, 0.1) is 5.41 Å². The zero-order valence-corrected chi connectivity index (χ0v) is 10.0. The highest BCUT2D eigenvalue weighted by Crippen LogP contribution is 2.41. The predicted molar refractivity (Wildman–Crippen MR) is 62.3 cm³/mol. The summed E-state index contributed by atoms with van der Waals surface area (Å²) in [5.74, 6) is 0. The molecule has 78 valence electrons. The quantitative estimate of drug-likeness (QED) is 0.663. The molecule has 0 saturated heterocycles. The van der Waals surface area contributed by atoms with Crippen molar-refractivity contribution >= 4 is 17.0 Å². The number of nitrogens with zero attached hydrogens (tertiary/aromatic N) is 1. The zero-order chi connectivity index (χ0) is 10.8. The van der Waals surface area contributed by atoms with E-state index >= 15 is 0 Å². The van der Waals surface area contributed by atoms with Crippen molar-refractivity contribution in [2.75, 3.05) is 14.1 Å². The average Bonchev–Trinajstić information content (AvgIpc) is 2.08. The molecule has 0 atom stereocenters. The van der Waals surface area contributed by atoms with Crippen LogP contribution in [0.2, 0.25) is 0 Å². The molecule has 3 heteroatoms. The number of amides is 1. The molecule has 1 amide bonds. The summed E-state index contributed by atoms with van der Waals surface area (Å²) in [6, 6.07) is 0. The van der Waals surface area contributed by atoms with Crippen molar-refractivity contribution in [2.24, 2.45) is 5.41 Å². The van der Waals surface area contributed by atoms with Crippen molar-refractivity contribution in [3.63, 3.8) is 0 Å². The highest BCUT2D eigenvalue weighted by Gasteiger charge is 2.26. The lowest BCUT2D eigenvalue weighted by Crippen LogP contribution is -2.20. The van der Waals surface area contributed by atoms with Gasteiger partial charge in [0.1, 0.15) is 0 Å². The Kier molecular flexibility index (Phi) is 3.43. The highest BCUT2D eigenvalue weighted by atomic mass is 32.2. The monoisotopic (exact) mass is 211 g/mol. The van der Waals surface area contributed by atoms with Crippen LogP contribution in [-0.2, 0) is 0 Å². The summed E-state index contributed by atoms with van der Waals surface area (Å²) in [5.41, 5.74) is 0.102. The van der Waals surface area contributed by atoms with Crippen LogP contribution in [0.4, 0.5) is 4.79 Å². The van der Waals surface area contributed by atoms with Gasteiger partial charge in [-0.3, -0.25) is 4.79 Å². The van der Waals surface area contributed by atoms with Gasteiger partial charge in [0.15, 0.2) is 0 Å². The lowest BCUT2D eigenvalue weighted by Gasteiger charge is -2.28. The summed E-state index contributed by atoms with van der Waals surface area (Å²) in [6.45, 7) is 4.33. The van der Waals surface area contributed by atoms with Gasteiger partial charge in [-0.1, -0.05) is 32.1 Å². The molecule has 0 bridgehead atoms. The van der Waals surface area contributed by atoms with E-state index in [-0.39, 0.29) is 10.7 Å². The molecule has 0 aliphatic heterocycles. The minimum Gasteiger partial charge on any atom is -0.339 e. The third-order valence-corrected chi connectivity index (χ3v) is 3.69. The summed E-state index contributed by atoms with van der Waals surface area (Å²) in [5, 5.41) is 0.0969. The minimum absolute atomic E-state index is 0.0969. The fraction of sp³-hybridized carbons (Fsp3) is 0.545. The van der Waals surface area contributed by atoms with Crippen molar-refractivity contribution in [3.05, 3.63) is 23.1 Å². The van der Waals surface area contributed by atoms with E-state index in [9.17, 15) is 4.79 Å². The van der Waals surface area contributed by atoms with Crippen LogP contribution in [-0.4, -0.2) is 24.2 Å². The first-order valence-electron chi connectivity index (χ1n) is 4.70. The molecule has 1 rings (SSSR count). The summed E-state index contributed by atoms with van der Waals surface area (Å²) in [4.78, 5) is 14.3. The number of carbonyl (C=O) groups excluding carboxylic acids is 1. The van der Waals surface area contributed by atoms with E-state index in [1.165, 1.54) is 11.8 Å². The number of rotatable bonds is 1. The Bertz CT molecular complexity index is 290. The Morgan fingerprint density at radius 1 is 1.50 bits per heavy atom. The van der Waals surface area contributed by atoms with Gasteiger partial charge in [0.25, 0.3) is 5.24 Å². The molecule has 0 radical (unpaired) electrons. The molecule has 0 aromatic rings. The second-order valence-corrected chi connectivity index (χ2v) is 5.30. The molecular formula is C11H17NOS. The fourth-order valence-corrected chi connectivity index (χ4v) is 2.08. The highest BCUT2D eigenvalue weighted by molar-refractivity contribution is 8.16. The number of carbonyl (C=O) groups is 1. The molecule has 0 N–H and O–H groups in total. The van der Waals surface area contributed by atoms with Gasteiger partial charge in [0.05, 0.1) is 0 Å². The largest absolute Gasteiger partial charge is 0.339 e. The normalized spacial score (nSPS) is 19.0. The Balaban J connectivity index is 2.72. The van der Waals surface area contributed by atoms with Crippen LogP contribution in [0.15, 0.2) is 23.1 Å². The lowest BCUT2D eigenvalue weighted by atomic mass is 9.86. The van der Waals surface area contributed by atoms with Crippen LogP contribution >= 0.6 is 11.8 Å². The third-order valence-electron chi connectivity index (χ3n) is 2.24. The Labute approximate surface area is 90.0 Å². The molecule has 0 fully saturated rings. The van der Waals surface area contributed by atoms with Crippen molar-refractivity contribution in [1.29, 1.82) is 0 Å². The first-order chi connectivity index (χ1) is 6.43. The standard InChI is InChI=1S/C11H17NOS/c1-11(2)8-6-5-7-9(11)14-10(13)12(3)4/h5-7H,8H2,1-4H3. The second kappa shape index (κ2) is 4.22. The number of hydrogen-bond donors (Lipinski definition) is 0. The van der Waals surface area contributed by atoms with Gasteiger partial charge in [0, 0.05) is 19.0 Å². The van der Waals surface area contributed by atoms with Gasteiger partial charge in [-0.2, -0.15) is 0 Å². The van der Waals surface area contributed by atoms with Crippen LogP contribution in [0.3, 0.4) is 0 Å². The first kappa shape index (κ1) is 11.4. The van der Waals surface area contributed by atoms with Gasteiger partial charge in [-0.15, -0.1) is 0 Å². The van der Waals surface area contributed by atoms with Crippen molar-refractivity contribution in [2.45, 2.75) is 20.3 Å². The SMILES string of the molecule is CN(C)C(=O)SC1=CC=CCC1(C)C. The predicted octanol–water partition coefficient (Wildman–Crippen LogP) is 3.27. The van der Waals surface area contributed by atoms with E-state index in [0.717, 1.165) is 11.3 Å². The third kappa shape index (κ3) is 2.64. The van der Waals surface area contributed by atoms with Gasteiger partial charge in [-0.25, -0.2) is 0 Å². The number of hydrogen-bond acceptors (Lipinski definition) is 2. The average molecular weight is 211 g/mol. The molecule has 0 aromatic carbocycles. The second-order valence-electron chi connectivity index (χ2n) is 4.31. The fourth-order valence-electron chi connectivity index (χ4n) is 1.20. The number of allylic oxidation sites excluding steroid dienone is 4. The minimum atomic E-state index is 0.0969. The van der Waals surface area contributed by atoms with Crippen molar-refractivity contribution < 1.29 is 4.79 Å². The smallest absolute Gasteiger partial charge is 0.285 e. The Morgan fingerprint density at radius 3 is 2.64 bits per heavy atom. The maximum atomic E-state index is 11.5. The maximum absolute atomic E-state index is 11.5. The number of thioether (sulfide) groups is 1. The molecule has 0 heterocycles. The van der Waals surface area contributed by atoms with E-state index in [1.54, 1.807) is 19.0 Å². The van der Waals surface area contributed by atoms with Crippen LogP contribution in [0.5, 0.6) is 0 Å².